The highest BCUT2D eigenvalue weighted by Gasteiger charge is 2.39. The van der Waals surface area contributed by atoms with Gasteiger partial charge < -0.3 is 5.11 Å². The molecule has 2 nitrogen and oxygen atoms in total. The van der Waals surface area contributed by atoms with E-state index in [1.165, 1.54) is 51.6 Å². The van der Waals surface area contributed by atoms with Crippen LogP contribution in [0.3, 0.4) is 0 Å². The molecule has 1 atom stereocenters. The largest absolute Gasteiger partial charge is 0.395 e. The van der Waals surface area contributed by atoms with E-state index >= 15 is 0 Å². The van der Waals surface area contributed by atoms with Gasteiger partial charge in [0, 0.05) is 12.6 Å². The maximum Gasteiger partial charge on any atom is 0.0584 e. The molecule has 1 saturated carbocycles. The molecule has 1 saturated heterocycles. The molecule has 0 aromatic heterocycles. The van der Waals surface area contributed by atoms with Crippen molar-refractivity contribution in [1.82, 2.24) is 4.90 Å². The topological polar surface area (TPSA) is 23.5 Å². The normalized spacial score (nSPS) is 29.6. The zero-order valence-electron chi connectivity index (χ0n) is 9.34. The zero-order valence-corrected chi connectivity index (χ0v) is 9.34. The van der Waals surface area contributed by atoms with Crippen LogP contribution in [0.1, 0.15) is 45.4 Å². The quantitative estimate of drug-likeness (QED) is 0.732. The summed E-state index contributed by atoms with van der Waals surface area (Å²) in [7, 11) is 0. The first kappa shape index (κ1) is 10.4. The van der Waals surface area contributed by atoms with Gasteiger partial charge in [-0.15, -0.1) is 0 Å². The first-order chi connectivity index (χ1) is 6.76. The minimum Gasteiger partial charge on any atom is -0.395 e. The molecule has 1 heterocycles. The number of hydrogen-bond donors (Lipinski definition) is 1. The highest BCUT2D eigenvalue weighted by Crippen LogP contribution is 2.43. The van der Waals surface area contributed by atoms with Gasteiger partial charge in [-0.05, 0) is 38.1 Å². The van der Waals surface area contributed by atoms with Crippen molar-refractivity contribution in [2.45, 2.75) is 51.5 Å². The van der Waals surface area contributed by atoms with Crippen molar-refractivity contribution in [2.24, 2.45) is 5.41 Å². The van der Waals surface area contributed by atoms with Gasteiger partial charge in [0.15, 0.2) is 0 Å². The second-order valence-corrected chi connectivity index (χ2v) is 5.31. The van der Waals surface area contributed by atoms with Gasteiger partial charge >= 0.3 is 0 Å². The monoisotopic (exact) mass is 197 g/mol. The second kappa shape index (κ2) is 4.19. The molecular formula is C12H23NO. The predicted octanol–water partition coefficient (Wildman–Crippen LogP) is 2.02. The van der Waals surface area contributed by atoms with Crippen LogP contribution in [0, 0.1) is 5.41 Å². The summed E-state index contributed by atoms with van der Waals surface area (Å²) < 4.78 is 0. The van der Waals surface area contributed by atoms with Crippen molar-refractivity contribution in [3.8, 4) is 0 Å². The molecule has 0 amide bonds. The van der Waals surface area contributed by atoms with E-state index in [1.807, 2.05) is 0 Å². The summed E-state index contributed by atoms with van der Waals surface area (Å²) in [5, 5.41) is 9.14. The summed E-state index contributed by atoms with van der Waals surface area (Å²) in [6, 6.07) is 0.372. The van der Waals surface area contributed by atoms with Crippen LogP contribution in [0.25, 0.3) is 0 Å². The molecule has 2 rings (SSSR count). The second-order valence-electron chi connectivity index (χ2n) is 5.31. The molecule has 14 heavy (non-hydrogen) atoms. The molecule has 82 valence electrons. The van der Waals surface area contributed by atoms with E-state index < -0.39 is 0 Å². The van der Waals surface area contributed by atoms with Crippen molar-refractivity contribution >= 4 is 0 Å². The Morgan fingerprint density at radius 2 is 1.93 bits per heavy atom. The molecule has 1 aliphatic heterocycles. The maximum absolute atomic E-state index is 9.14. The smallest absolute Gasteiger partial charge is 0.0584 e. The van der Waals surface area contributed by atoms with Crippen LogP contribution < -0.4 is 0 Å². The van der Waals surface area contributed by atoms with Crippen molar-refractivity contribution in [3.05, 3.63) is 0 Å². The Hall–Kier alpha value is -0.0800. The molecule has 0 aromatic rings. The predicted molar refractivity (Wildman–Crippen MR) is 58.3 cm³/mol. The minimum absolute atomic E-state index is 0.316. The van der Waals surface area contributed by atoms with Crippen LogP contribution in [0.5, 0.6) is 0 Å². The third kappa shape index (κ3) is 1.96. The van der Waals surface area contributed by atoms with Crippen molar-refractivity contribution in [1.29, 1.82) is 0 Å². The molecule has 0 radical (unpaired) electrons. The maximum atomic E-state index is 9.14. The number of hydrogen-bond acceptors (Lipinski definition) is 2. The average Bonchev–Trinajstić information content (AvgIpc) is 2.62. The van der Waals surface area contributed by atoms with Crippen molar-refractivity contribution in [2.75, 3.05) is 19.7 Å². The Bertz CT molecular complexity index is 187. The molecule has 0 aromatic carbocycles. The fraction of sp³-hybridized carbons (Fsp3) is 1.00. The summed E-state index contributed by atoms with van der Waals surface area (Å²) in [5.41, 5.74) is 0.641. The Labute approximate surface area is 87.3 Å². The first-order valence-corrected chi connectivity index (χ1v) is 6.11. The van der Waals surface area contributed by atoms with Gasteiger partial charge in [0.05, 0.1) is 6.61 Å². The average molecular weight is 197 g/mol. The Morgan fingerprint density at radius 1 is 1.21 bits per heavy atom. The van der Waals surface area contributed by atoms with Gasteiger partial charge in [-0.25, -0.2) is 0 Å². The van der Waals surface area contributed by atoms with E-state index in [1.54, 1.807) is 0 Å². The lowest BCUT2D eigenvalue weighted by Crippen LogP contribution is -2.36. The zero-order chi connectivity index (χ0) is 10.0. The van der Waals surface area contributed by atoms with Crippen LogP contribution in [-0.2, 0) is 0 Å². The third-order valence-electron chi connectivity index (χ3n) is 4.27. The molecule has 1 unspecified atom stereocenters. The van der Waals surface area contributed by atoms with E-state index in [0.29, 0.717) is 18.1 Å². The van der Waals surface area contributed by atoms with Crippen LogP contribution >= 0.6 is 0 Å². The van der Waals surface area contributed by atoms with Gasteiger partial charge in [-0.2, -0.15) is 0 Å². The summed E-state index contributed by atoms with van der Waals surface area (Å²) >= 11 is 0. The fourth-order valence-electron chi connectivity index (χ4n) is 3.17. The van der Waals surface area contributed by atoms with Crippen LogP contribution in [0.2, 0.25) is 0 Å². The Balaban J connectivity index is 1.92. The Kier molecular flexibility index (Phi) is 3.13. The third-order valence-corrected chi connectivity index (χ3v) is 4.27. The van der Waals surface area contributed by atoms with Gasteiger partial charge in [0.1, 0.15) is 0 Å². The van der Waals surface area contributed by atoms with Gasteiger partial charge in [0.25, 0.3) is 0 Å². The van der Waals surface area contributed by atoms with E-state index in [9.17, 15) is 0 Å². The van der Waals surface area contributed by atoms with Crippen molar-refractivity contribution in [3.63, 3.8) is 0 Å². The molecular weight excluding hydrogens is 174 g/mol. The summed E-state index contributed by atoms with van der Waals surface area (Å²) in [6.45, 7) is 4.91. The van der Waals surface area contributed by atoms with E-state index in [-0.39, 0.29) is 0 Å². The first-order valence-electron chi connectivity index (χ1n) is 6.11. The minimum atomic E-state index is 0.316. The van der Waals surface area contributed by atoms with E-state index in [2.05, 4.69) is 11.8 Å². The van der Waals surface area contributed by atoms with Crippen molar-refractivity contribution < 1.29 is 5.11 Å². The molecule has 2 aliphatic rings. The number of rotatable bonds is 2. The summed E-state index contributed by atoms with van der Waals surface area (Å²) in [4.78, 5) is 2.48. The number of nitrogens with zero attached hydrogens (tertiary/aromatic N) is 1. The van der Waals surface area contributed by atoms with Crippen LogP contribution in [-0.4, -0.2) is 35.7 Å². The SMILES string of the molecule is CC(CO)N1CCC2(CCCCC2)C1. The molecule has 1 N–H and O–H groups in total. The number of aliphatic hydroxyl groups excluding tert-OH is 1. The van der Waals surface area contributed by atoms with Gasteiger partial charge in [0.2, 0.25) is 0 Å². The standard InChI is InChI=1S/C12H23NO/c1-11(9-14)13-8-7-12(10-13)5-3-2-4-6-12/h11,14H,2-10H2,1H3. The lowest BCUT2D eigenvalue weighted by molar-refractivity contribution is 0.127. The van der Waals surface area contributed by atoms with Crippen LogP contribution in [0.15, 0.2) is 0 Å². The Morgan fingerprint density at radius 3 is 2.57 bits per heavy atom. The van der Waals surface area contributed by atoms with E-state index in [4.69, 9.17) is 5.11 Å². The number of likely N-dealkylation sites (tertiary alicyclic amines) is 1. The summed E-state index contributed by atoms with van der Waals surface area (Å²) in [5.74, 6) is 0. The van der Waals surface area contributed by atoms with Gasteiger partial charge in [-0.3, -0.25) is 4.90 Å². The molecule has 2 heteroatoms. The highest BCUT2D eigenvalue weighted by molar-refractivity contribution is 4.93. The molecule has 2 fully saturated rings. The lowest BCUT2D eigenvalue weighted by atomic mass is 9.73. The molecule has 0 bridgehead atoms. The van der Waals surface area contributed by atoms with E-state index in [0.717, 1.165) is 0 Å². The highest BCUT2D eigenvalue weighted by atomic mass is 16.3. The molecule has 1 spiro atoms. The van der Waals surface area contributed by atoms with Crippen LogP contribution in [0.4, 0.5) is 0 Å². The van der Waals surface area contributed by atoms with Gasteiger partial charge in [-0.1, -0.05) is 19.3 Å². The molecule has 1 aliphatic carbocycles. The fourth-order valence-corrected chi connectivity index (χ4v) is 3.17. The summed E-state index contributed by atoms with van der Waals surface area (Å²) in [6.07, 6.45) is 8.54. The number of aliphatic hydroxyl groups is 1. The lowest BCUT2D eigenvalue weighted by Gasteiger charge is -2.34.